The van der Waals surface area contributed by atoms with Crippen molar-refractivity contribution in [2.24, 2.45) is 0 Å². The molecule has 2 aromatic rings. The van der Waals surface area contributed by atoms with E-state index in [0.717, 1.165) is 21.3 Å². The second kappa shape index (κ2) is 4.54. The van der Waals surface area contributed by atoms with E-state index in [0.29, 0.717) is 12.8 Å². The summed E-state index contributed by atoms with van der Waals surface area (Å²) in [6.45, 7) is 1.95. The topological polar surface area (TPSA) is 17.8 Å². The molecule has 0 amide bonds. The lowest BCUT2D eigenvalue weighted by Crippen LogP contribution is -2.26. The highest BCUT2D eigenvalue weighted by Crippen LogP contribution is 2.40. The van der Waals surface area contributed by atoms with E-state index in [1.54, 1.807) is 0 Å². The molecule has 0 spiro atoms. The van der Waals surface area contributed by atoms with Gasteiger partial charge in [-0.3, -0.25) is 0 Å². The van der Waals surface area contributed by atoms with Gasteiger partial charge in [-0.2, -0.15) is 0 Å². The smallest absolute Gasteiger partial charge is 0.248 e. The van der Waals surface area contributed by atoms with Crippen LogP contribution in [0.5, 0.6) is 0 Å². The van der Waals surface area contributed by atoms with Gasteiger partial charge in [-0.15, -0.1) is 0 Å². The van der Waals surface area contributed by atoms with Crippen molar-refractivity contribution in [3.05, 3.63) is 28.5 Å². The van der Waals surface area contributed by atoms with Crippen molar-refractivity contribution in [1.29, 1.82) is 0 Å². The molecule has 0 unspecified atom stereocenters. The summed E-state index contributed by atoms with van der Waals surface area (Å²) in [5.74, 6) is -1.58. The highest BCUT2D eigenvalue weighted by Gasteiger charge is 2.36. The van der Waals surface area contributed by atoms with Crippen LogP contribution in [0.1, 0.15) is 37.5 Å². The Morgan fingerprint density at radius 1 is 1.32 bits per heavy atom. The maximum absolute atomic E-state index is 13.3. The number of hydrogen-bond acceptors (Lipinski definition) is 1. The maximum atomic E-state index is 13.3. The van der Waals surface area contributed by atoms with Crippen molar-refractivity contribution in [1.82, 2.24) is 9.55 Å². The molecule has 0 saturated heterocycles. The Hall–Kier alpha value is -0.970. The number of aryl methyl sites for hydroxylation is 1. The number of aromatic nitrogens is 2. The lowest BCUT2D eigenvalue weighted by Gasteiger charge is -2.30. The molecule has 0 N–H and O–H groups in total. The molecule has 102 valence electrons. The first-order valence-corrected chi connectivity index (χ1v) is 7.27. The molecule has 1 aliphatic rings. The Kier molecular flexibility index (Phi) is 3.12. The molecule has 0 atom stereocenters. The molecule has 0 bridgehead atoms. The molecule has 0 aliphatic heterocycles. The predicted molar refractivity (Wildman–Crippen MR) is 74.6 cm³/mol. The van der Waals surface area contributed by atoms with Crippen molar-refractivity contribution < 1.29 is 8.78 Å². The fraction of sp³-hybridized carbons (Fsp3) is 0.500. The molecular formula is C14H15BrF2N2. The third-order valence-electron chi connectivity index (χ3n) is 3.88. The molecule has 3 rings (SSSR count). The highest BCUT2D eigenvalue weighted by atomic mass is 79.9. The third kappa shape index (κ3) is 2.40. The molecule has 2 nitrogen and oxygen atoms in total. The zero-order valence-electron chi connectivity index (χ0n) is 10.7. The number of rotatable bonds is 1. The van der Waals surface area contributed by atoms with Crippen LogP contribution in [0.4, 0.5) is 8.78 Å². The van der Waals surface area contributed by atoms with Crippen molar-refractivity contribution in [2.45, 2.75) is 44.6 Å². The van der Waals surface area contributed by atoms with Crippen molar-refractivity contribution in [3.63, 3.8) is 0 Å². The fourth-order valence-corrected chi connectivity index (χ4v) is 3.28. The monoisotopic (exact) mass is 328 g/mol. The number of imidazole rings is 1. The highest BCUT2D eigenvalue weighted by molar-refractivity contribution is 9.10. The van der Waals surface area contributed by atoms with Gasteiger partial charge < -0.3 is 4.57 Å². The Labute approximate surface area is 118 Å². The summed E-state index contributed by atoms with van der Waals surface area (Å²) in [5.41, 5.74) is 1.96. The third-order valence-corrected chi connectivity index (χ3v) is 4.37. The number of fused-ring (bicyclic) bond motifs is 1. The van der Waals surface area contributed by atoms with E-state index < -0.39 is 5.92 Å². The van der Waals surface area contributed by atoms with Crippen LogP contribution in [-0.4, -0.2) is 15.5 Å². The zero-order chi connectivity index (χ0) is 13.6. The first-order chi connectivity index (χ1) is 8.96. The summed E-state index contributed by atoms with van der Waals surface area (Å²) in [7, 11) is 0. The van der Waals surface area contributed by atoms with Crippen molar-refractivity contribution in [2.75, 3.05) is 0 Å². The standard InChI is InChI=1S/C14H15BrF2N2/c1-9-18-12-3-2-10(15)8-13(12)19(9)11-4-6-14(16,17)7-5-11/h2-3,8,11H,4-7H2,1H3. The lowest BCUT2D eigenvalue weighted by atomic mass is 9.92. The summed E-state index contributed by atoms with van der Waals surface area (Å²) in [4.78, 5) is 4.52. The lowest BCUT2D eigenvalue weighted by molar-refractivity contribution is -0.0437. The van der Waals surface area contributed by atoms with E-state index in [4.69, 9.17) is 0 Å². The second-order valence-corrected chi connectivity index (χ2v) is 6.16. The number of alkyl halides is 2. The van der Waals surface area contributed by atoms with Gasteiger partial charge >= 0.3 is 0 Å². The molecule has 1 saturated carbocycles. The summed E-state index contributed by atoms with van der Waals surface area (Å²) >= 11 is 3.46. The normalized spacial score (nSPS) is 20.0. The Morgan fingerprint density at radius 2 is 2.00 bits per heavy atom. The minimum Gasteiger partial charge on any atom is -0.325 e. The van der Waals surface area contributed by atoms with Crippen molar-refractivity contribution in [3.8, 4) is 0 Å². The van der Waals surface area contributed by atoms with Gasteiger partial charge in [-0.25, -0.2) is 13.8 Å². The summed E-state index contributed by atoms with van der Waals surface area (Å²) in [6, 6.07) is 6.07. The van der Waals surface area contributed by atoms with Crippen LogP contribution < -0.4 is 0 Å². The van der Waals surface area contributed by atoms with E-state index in [1.165, 1.54) is 0 Å². The first-order valence-electron chi connectivity index (χ1n) is 6.48. The van der Waals surface area contributed by atoms with Crippen LogP contribution in [-0.2, 0) is 0 Å². The first kappa shape index (κ1) is 13.0. The van der Waals surface area contributed by atoms with Crippen LogP contribution in [0.25, 0.3) is 11.0 Å². The van der Waals surface area contributed by atoms with E-state index in [9.17, 15) is 8.78 Å². The Bertz CT molecular complexity index is 611. The van der Waals surface area contributed by atoms with Crippen LogP contribution in [0, 0.1) is 6.92 Å². The van der Waals surface area contributed by atoms with Gasteiger partial charge in [0.05, 0.1) is 11.0 Å². The van der Waals surface area contributed by atoms with Gasteiger partial charge in [0.15, 0.2) is 0 Å². The predicted octanol–water partition coefficient (Wildman–Crippen LogP) is 4.86. The molecule has 0 radical (unpaired) electrons. The maximum Gasteiger partial charge on any atom is 0.248 e. The average molecular weight is 329 g/mol. The summed E-state index contributed by atoms with van der Waals surface area (Å²) in [6.07, 6.45) is 0.993. The SMILES string of the molecule is Cc1nc2ccc(Br)cc2n1C1CCC(F)(F)CC1. The molecule has 1 aliphatic carbocycles. The summed E-state index contributed by atoms with van der Waals surface area (Å²) in [5, 5.41) is 0. The molecule has 1 heterocycles. The minimum atomic E-state index is -2.48. The van der Waals surface area contributed by atoms with Gasteiger partial charge in [0.25, 0.3) is 0 Å². The number of benzene rings is 1. The average Bonchev–Trinajstić information content (AvgIpc) is 2.65. The summed E-state index contributed by atoms with van der Waals surface area (Å²) < 4.78 is 29.6. The molecule has 1 aromatic heterocycles. The van der Waals surface area contributed by atoms with E-state index in [2.05, 4.69) is 25.5 Å². The Balaban J connectivity index is 2.01. The second-order valence-electron chi connectivity index (χ2n) is 5.25. The zero-order valence-corrected chi connectivity index (χ0v) is 12.3. The minimum absolute atomic E-state index is 0.0230. The van der Waals surface area contributed by atoms with Crippen LogP contribution >= 0.6 is 15.9 Å². The fourth-order valence-electron chi connectivity index (χ4n) is 2.93. The van der Waals surface area contributed by atoms with Crippen LogP contribution in [0.3, 0.4) is 0 Å². The van der Waals surface area contributed by atoms with Gasteiger partial charge in [-0.1, -0.05) is 15.9 Å². The molecule has 5 heteroatoms. The quantitative estimate of drug-likeness (QED) is 0.731. The molecule has 1 aromatic carbocycles. The molecule has 19 heavy (non-hydrogen) atoms. The largest absolute Gasteiger partial charge is 0.325 e. The van der Waals surface area contributed by atoms with Gasteiger partial charge in [-0.05, 0) is 38.0 Å². The number of hydrogen-bond donors (Lipinski definition) is 0. The van der Waals surface area contributed by atoms with Crippen molar-refractivity contribution >= 4 is 27.0 Å². The van der Waals surface area contributed by atoms with Crippen LogP contribution in [0.15, 0.2) is 22.7 Å². The van der Waals surface area contributed by atoms with E-state index in [-0.39, 0.29) is 18.9 Å². The number of nitrogens with zero attached hydrogens (tertiary/aromatic N) is 2. The van der Waals surface area contributed by atoms with Gasteiger partial charge in [0.2, 0.25) is 5.92 Å². The van der Waals surface area contributed by atoms with Crippen LogP contribution in [0.2, 0.25) is 0 Å². The number of halogens is 3. The molecular weight excluding hydrogens is 314 g/mol. The Morgan fingerprint density at radius 3 is 2.68 bits per heavy atom. The molecule has 1 fully saturated rings. The van der Waals surface area contributed by atoms with E-state index in [1.807, 2.05) is 25.1 Å². The van der Waals surface area contributed by atoms with Gasteiger partial charge in [0, 0.05) is 23.4 Å². The van der Waals surface area contributed by atoms with E-state index >= 15 is 0 Å². The van der Waals surface area contributed by atoms with Gasteiger partial charge in [0.1, 0.15) is 5.82 Å².